The highest BCUT2D eigenvalue weighted by Gasteiger charge is 2.39. The Hall–Kier alpha value is -6.39. The summed E-state index contributed by atoms with van der Waals surface area (Å²) in [6, 6.07) is 23.0. The largest absolute Gasteiger partial charge is 0.457 e. The van der Waals surface area contributed by atoms with E-state index in [1.807, 2.05) is 75.1 Å². The van der Waals surface area contributed by atoms with Crippen LogP contribution in [0.1, 0.15) is 72.0 Å². The van der Waals surface area contributed by atoms with Gasteiger partial charge < -0.3 is 30.1 Å². The summed E-state index contributed by atoms with van der Waals surface area (Å²) in [5.74, 6) is 1.49. The maximum Gasteiger partial charge on any atom is 0.320 e. The smallest absolute Gasteiger partial charge is 0.320 e. The minimum atomic E-state index is -0.597. The number of nitrogens with zero attached hydrogens (tertiary/aromatic N) is 9. The molecule has 16 heteroatoms. The van der Waals surface area contributed by atoms with Gasteiger partial charge >= 0.3 is 6.03 Å². The number of ether oxygens (including phenoxy) is 1. The van der Waals surface area contributed by atoms with Gasteiger partial charge in [0, 0.05) is 76.5 Å². The maximum atomic E-state index is 14.0. The van der Waals surface area contributed by atoms with Crippen LogP contribution in [0.2, 0.25) is 0 Å². The molecule has 2 atom stereocenters. The second-order valence-electron chi connectivity index (χ2n) is 17.5. The fourth-order valence-corrected chi connectivity index (χ4v) is 10.1. The van der Waals surface area contributed by atoms with E-state index in [2.05, 4.69) is 37.2 Å². The Morgan fingerprint density at radius 1 is 0.794 bits per heavy atom. The molecule has 16 nitrogen and oxygen atoms in total. The van der Waals surface area contributed by atoms with Gasteiger partial charge in [-0.05, 0) is 105 Å². The van der Waals surface area contributed by atoms with Crippen LogP contribution in [-0.2, 0) is 16.1 Å². The van der Waals surface area contributed by atoms with E-state index in [1.54, 1.807) is 4.90 Å². The molecule has 5 amide bonds. The number of benzene rings is 3. The number of urea groups is 1. The molecule has 3 N–H and O–H groups in total. The molecule has 4 saturated heterocycles. The quantitative estimate of drug-likeness (QED) is 0.194. The van der Waals surface area contributed by atoms with Gasteiger partial charge in [-0.25, -0.2) is 19.4 Å². The highest BCUT2D eigenvalue weighted by Crippen LogP contribution is 2.36. The first-order valence-corrected chi connectivity index (χ1v) is 22.3. The number of carbonyl (C=O) groups excluding carboxylic acids is 4. The molecule has 7 heterocycles. The van der Waals surface area contributed by atoms with E-state index in [0.717, 1.165) is 87.6 Å². The van der Waals surface area contributed by atoms with Crippen LogP contribution in [0.25, 0.3) is 22.3 Å². The summed E-state index contributed by atoms with van der Waals surface area (Å²) in [6.45, 7) is 8.75. The molecule has 4 fully saturated rings. The van der Waals surface area contributed by atoms with E-state index in [4.69, 9.17) is 15.6 Å². The molecule has 2 unspecified atom stereocenters. The zero-order valence-electron chi connectivity index (χ0n) is 35.4. The first-order chi connectivity index (χ1) is 30.8. The number of amides is 5. The van der Waals surface area contributed by atoms with Gasteiger partial charge in [-0.2, -0.15) is 5.10 Å². The molecule has 2 aromatic heterocycles. The van der Waals surface area contributed by atoms with Crippen molar-refractivity contribution in [1.82, 2.24) is 49.6 Å². The van der Waals surface area contributed by atoms with Crippen LogP contribution in [-0.4, -0.2) is 139 Å². The van der Waals surface area contributed by atoms with Crippen molar-refractivity contribution in [2.75, 3.05) is 71.2 Å². The fraction of sp³-hybridized carbons (Fsp3) is 0.426. The summed E-state index contributed by atoms with van der Waals surface area (Å²) < 4.78 is 7.96. The monoisotopic (exact) mass is 851 g/mol. The molecule has 0 saturated carbocycles. The molecule has 0 aliphatic carbocycles. The second kappa shape index (κ2) is 17.4. The van der Waals surface area contributed by atoms with Gasteiger partial charge in [-0.15, -0.1) is 0 Å². The van der Waals surface area contributed by atoms with E-state index in [0.29, 0.717) is 73.2 Å². The second-order valence-corrected chi connectivity index (χ2v) is 17.5. The number of rotatable bonds is 9. The average Bonchev–Trinajstić information content (AvgIpc) is 3.87. The van der Waals surface area contributed by atoms with E-state index >= 15 is 0 Å². The van der Waals surface area contributed by atoms with Crippen LogP contribution in [0.3, 0.4) is 0 Å². The lowest BCUT2D eigenvalue weighted by molar-refractivity contribution is -0.136. The number of aromatic nitrogens is 4. The molecule has 0 spiro atoms. The Balaban J connectivity index is 0.700. The Kier molecular flexibility index (Phi) is 11.2. The van der Waals surface area contributed by atoms with Crippen molar-refractivity contribution in [1.29, 1.82) is 0 Å². The third-order valence-electron chi connectivity index (χ3n) is 13.6. The van der Waals surface area contributed by atoms with Gasteiger partial charge in [0.05, 0.1) is 11.4 Å². The molecule has 5 aliphatic heterocycles. The molecule has 10 rings (SSSR count). The molecule has 5 aliphatic rings. The van der Waals surface area contributed by atoms with Crippen molar-refractivity contribution >= 4 is 40.6 Å². The molecule has 3 aromatic carbocycles. The van der Waals surface area contributed by atoms with Crippen LogP contribution >= 0.6 is 0 Å². The number of anilines is 1. The normalized spacial score (nSPS) is 21.5. The van der Waals surface area contributed by atoms with Gasteiger partial charge in [0.2, 0.25) is 11.8 Å². The van der Waals surface area contributed by atoms with Gasteiger partial charge in [0.1, 0.15) is 35.4 Å². The molecule has 5 aromatic rings. The highest BCUT2D eigenvalue weighted by molar-refractivity contribution is 6.05. The molecule has 0 bridgehead atoms. The number of fused-ring (bicyclic) bond motifs is 2. The molecule has 63 heavy (non-hydrogen) atoms. The predicted molar refractivity (Wildman–Crippen MR) is 236 cm³/mol. The van der Waals surface area contributed by atoms with Crippen LogP contribution in [0.4, 0.5) is 10.6 Å². The number of likely N-dealkylation sites (tertiary alicyclic amines) is 2. The van der Waals surface area contributed by atoms with Crippen molar-refractivity contribution < 1.29 is 23.9 Å². The fourth-order valence-electron chi connectivity index (χ4n) is 10.1. The lowest BCUT2D eigenvalue weighted by atomic mass is 9.88. The van der Waals surface area contributed by atoms with Crippen molar-refractivity contribution in [3.8, 4) is 22.8 Å². The first-order valence-electron chi connectivity index (χ1n) is 22.3. The number of nitrogen functional groups attached to an aromatic ring is 1. The summed E-state index contributed by atoms with van der Waals surface area (Å²) in [7, 11) is 0. The number of nitrogens with one attached hydrogen (secondary N) is 1. The van der Waals surface area contributed by atoms with Crippen molar-refractivity contribution in [2.45, 2.75) is 63.1 Å². The van der Waals surface area contributed by atoms with E-state index in [1.165, 1.54) is 11.9 Å². The number of piperidine rings is 3. The standard InChI is InChI=1S/C47H53N11O5/c48-43-41-42(32-8-11-37(12-9-32)63-36-6-2-1-3-7-36)52-58(44(41)50-30-49-43)35-5-4-18-56(29-35)47(62)55-25-23-54(24-26-55)22-21-53-19-16-31(17-20-53)33-10-13-38-34(27-33)28-57(46(38)61)39-14-15-40(59)51-45(39)60/h1-3,6-13,27,30-31,35,39H,4-5,14-26,28-29H2,(H2,48,49,50)(H,51,59,60). The Morgan fingerprint density at radius 3 is 2.30 bits per heavy atom. The van der Waals surface area contributed by atoms with Crippen LogP contribution in [0.5, 0.6) is 11.5 Å². The molecular formula is C47H53N11O5. The minimum Gasteiger partial charge on any atom is -0.457 e. The van der Waals surface area contributed by atoms with E-state index in [9.17, 15) is 19.2 Å². The minimum absolute atomic E-state index is 0.0541. The molecule has 0 radical (unpaired) electrons. The first kappa shape index (κ1) is 40.7. The zero-order chi connectivity index (χ0) is 43.0. The van der Waals surface area contributed by atoms with Crippen molar-refractivity contribution in [2.24, 2.45) is 0 Å². The number of piperazine rings is 1. The third kappa shape index (κ3) is 8.32. The Bertz CT molecular complexity index is 2510. The lowest BCUT2D eigenvalue weighted by Gasteiger charge is -2.41. The number of nitrogens with two attached hydrogens (primary N) is 1. The summed E-state index contributed by atoms with van der Waals surface area (Å²) in [6.07, 6.45) is 5.94. The topological polar surface area (TPSA) is 175 Å². The number of para-hydroxylation sites is 1. The van der Waals surface area contributed by atoms with Crippen molar-refractivity contribution in [3.05, 3.63) is 95.8 Å². The van der Waals surface area contributed by atoms with Crippen LogP contribution in [0.15, 0.2) is 79.1 Å². The number of hydrogen-bond acceptors (Lipinski definition) is 11. The summed E-state index contributed by atoms with van der Waals surface area (Å²) in [4.78, 5) is 70.9. The average molecular weight is 852 g/mol. The summed E-state index contributed by atoms with van der Waals surface area (Å²) >= 11 is 0. The van der Waals surface area contributed by atoms with Gasteiger partial charge in [0.25, 0.3) is 5.91 Å². The predicted octanol–water partition coefficient (Wildman–Crippen LogP) is 4.88. The maximum absolute atomic E-state index is 14.0. The Morgan fingerprint density at radius 2 is 1.54 bits per heavy atom. The lowest BCUT2D eigenvalue weighted by Crippen LogP contribution is -2.55. The number of imide groups is 1. The van der Waals surface area contributed by atoms with Gasteiger partial charge in [0.15, 0.2) is 5.65 Å². The highest BCUT2D eigenvalue weighted by atomic mass is 16.5. The summed E-state index contributed by atoms with van der Waals surface area (Å²) in [5.41, 5.74) is 11.6. The molecule has 326 valence electrons. The van der Waals surface area contributed by atoms with Crippen LogP contribution in [0, 0.1) is 0 Å². The molecular weight excluding hydrogens is 799 g/mol. The van der Waals surface area contributed by atoms with E-state index < -0.39 is 6.04 Å². The zero-order valence-corrected chi connectivity index (χ0v) is 35.4. The van der Waals surface area contributed by atoms with Gasteiger partial charge in [-0.3, -0.25) is 24.6 Å². The third-order valence-corrected chi connectivity index (χ3v) is 13.6. The van der Waals surface area contributed by atoms with E-state index in [-0.39, 0.29) is 36.2 Å². The summed E-state index contributed by atoms with van der Waals surface area (Å²) in [5, 5.41) is 8.18. The number of carbonyl (C=O) groups is 4. The SMILES string of the molecule is Nc1ncnc2c1c(-c1ccc(Oc3ccccc3)cc1)nn2C1CCCN(C(=O)N2CCN(CCN3CCC(c4ccc5c(c4)CN(C4CCC(=O)NC4=O)C5=O)CC3)CC2)C1. The van der Waals surface area contributed by atoms with Crippen molar-refractivity contribution in [3.63, 3.8) is 0 Å². The number of hydrogen-bond donors (Lipinski definition) is 2. The van der Waals surface area contributed by atoms with Gasteiger partial charge in [-0.1, -0.05) is 30.3 Å². The van der Waals surface area contributed by atoms with Crippen LogP contribution < -0.4 is 15.8 Å². The Labute approximate surface area is 366 Å².